The van der Waals surface area contributed by atoms with Gasteiger partial charge in [0.15, 0.2) is 11.5 Å². The van der Waals surface area contributed by atoms with Crippen LogP contribution in [0.1, 0.15) is 42.9 Å². The summed E-state index contributed by atoms with van der Waals surface area (Å²) in [5, 5.41) is 0. The minimum Gasteiger partial charge on any atom is -1.00 e. The standard InChI is InChI=1S/C24H34NO3.ClH/c1-5-6-7-13-25(17-19-8-10-22(26-2)11-9-19)14-12-20-15-23(27-3)24(28-4)16-21(20)18-25;/h8-11,15-16H,5-7,12-14,17-18H2,1-4H3;1H/q+1;/p-1. The Bertz CT molecular complexity index is 778. The quantitative estimate of drug-likeness (QED) is 0.459. The lowest BCUT2D eigenvalue weighted by Gasteiger charge is -2.42. The fourth-order valence-electron chi connectivity index (χ4n) is 4.36. The average Bonchev–Trinajstić information content (AvgIpc) is 2.73. The van der Waals surface area contributed by atoms with Crippen LogP contribution in [0.4, 0.5) is 0 Å². The van der Waals surface area contributed by atoms with Crippen molar-refractivity contribution in [1.29, 1.82) is 0 Å². The van der Waals surface area contributed by atoms with Crippen molar-refractivity contribution in [1.82, 2.24) is 0 Å². The molecule has 1 heterocycles. The van der Waals surface area contributed by atoms with E-state index < -0.39 is 0 Å². The van der Waals surface area contributed by atoms with Gasteiger partial charge in [-0.3, -0.25) is 0 Å². The highest BCUT2D eigenvalue weighted by atomic mass is 35.5. The molecule has 0 aliphatic carbocycles. The van der Waals surface area contributed by atoms with E-state index in [1.807, 2.05) is 0 Å². The molecule has 1 unspecified atom stereocenters. The summed E-state index contributed by atoms with van der Waals surface area (Å²) in [7, 11) is 5.15. The first kappa shape index (κ1) is 23.4. The lowest BCUT2D eigenvalue weighted by molar-refractivity contribution is -0.955. The van der Waals surface area contributed by atoms with Gasteiger partial charge < -0.3 is 31.1 Å². The molecule has 0 fully saturated rings. The average molecular weight is 420 g/mol. The summed E-state index contributed by atoms with van der Waals surface area (Å²) in [6.45, 7) is 6.76. The van der Waals surface area contributed by atoms with Gasteiger partial charge in [0.25, 0.3) is 0 Å². The number of unbranched alkanes of at least 4 members (excludes halogenated alkanes) is 2. The summed E-state index contributed by atoms with van der Waals surface area (Å²) in [5.74, 6) is 2.59. The van der Waals surface area contributed by atoms with Crippen LogP contribution in [-0.2, 0) is 19.5 Å². The third-order valence-corrected chi connectivity index (χ3v) is 5.98. The number of rotatable bonds is 9. The van der Waals surface area contributed by atoms with Crippen LogP contribution in [0.5, 0.6) is 17.2 Å². The van der Waals surface area contributed by atoms with Gasteiger partial charge in [-0.05, 0) is 54.8 Å². The molecular formula is C24H34ClNO3. The van der Waals surface area contributed by atoms with E-state index in [1.54, 1.807) is 21.3 Å². The molecule has 29 heavy (non-hydrogen) atoms. The second-order valence-corrected chi connectivity index (χ2v) is 7.89. The Hall–Kier alpha value is -1.91. The molecule has 1 aliphatic heterocycles. The Morgan fingerprint density at radius 1 is 0.862 bits per heavy atom. The number of halogens is 1. The molecule has 1 atom stereocenters. The minimum atomic E-state index is 0. The molecule has 0 saturated heterocycles. The molecule has 0 radical (unpaired) electrons. The van der Waals surface area contributed by atoms with Crippen molar-refractivity contribution in [2.75, 3.05) is 34.4 Å². The van der Waals surface area contributed by atoms with Crippen molar-refractivity contribution in [3.63, 3.8) is 0 Å². The van der Waals surface area contributed by atoms with E-state index in [9.17, 15) is 0 Å². The number of benzene rings is 2. The largest absolute Gasteiger partial charge is 1.00 e. The van der Waals surface area contributed by atoms with Crippen LogP contribution in [0.2, 0.25) is 0 Å². The van der Waals surface area contributed by atoms with Crippen LogP contribution in [-0.4, -0.2) is 38.9 Å². The maximum absolute atomic E-state index is 5.57. The first-order chi connectivity index (χ1) is 13.6. The summed E-state index contributed by atoms with van der Waals surface area (Å²) < 4.78 is 17.5. The third-order valence-electron chi connectivity index (χ3n) is 5.98. The normalized spacial score (nSPS) is 17.8. The summed E-state index contributed by atoms with van der Waals surface area (Å²) in [4.78, 5) is 0. The van der Waals surface area contributed by atoms with Gasteiger partial charge in [0.05, 0.1) is 34.4 Å². The topological polar surface area (TPSA) is 27.7 Å². The van der Waals surface area contributed by atoms with Crippen molar-refractivity contribution < 1.29 is 31.1 Å². The number of ether oxygens (including phenoxy) is 3. The van der Waals surface area contributed by atoms with E-state index in [-0.39, 0.29) is 12.4 Å². The number of nitrogens with zero attached hydrogens (tertiary/aromatic N) is 1. The fraction of sp³-hybridized carbons (Fsp3) is 0.500. The summed E-state index contributed by atoms with van der Waals surface area (Å²) in [5.41, 5.74) is 4.17. The second-order valence-electron chi connectivity index (χ2n) is 7.89. The maximum Gasteiger partial charge on any atom is 0.161 e. The van der Waals surface area contributed by atoms with Gasteiger partial charge in [-0.25, -0.2) is 0 Å². The van der Waals surface area contributed by atoms with Gasteiger partial charge in [0.2, 0.25) is 0 Å². The van der Waals surface area contributed by atoms with Gasteiger partial charge >= 0.3 is 0 Å². The fourth-order valence-corrected chi connectivity index (χ4v) is 4.36. The van der Waals surface area contributed by atoms with Crippen LogP contribution in [0.15, 0.2) is 36.4 Å². The Labute approximate surface area is 181 Å². The van der Waals surface area contributed by atoms with E-state index in [0.29, 0.717) is 0 Å². The van der Waals surface area contributed by atoms with E-state index in [0.717, 1.165) is 47.8 Å². The molecule has 4 nitrogen and oxygen atoms in total. The Balaban J connectivity index is 0.00000300. The molecule has 0 amide bonds. The van der Waals surface area contributed by atoms with E-state index in [2.05, 4.69) is 43.3 Å². The highest BCUT2D eigenvalue weighted by Crippen LogP contribution is 2.36. The number of fused-ring (bicyclic) bond motifs is 1. The maximum atomic E-state index is 5.57. The Morgan fingerprint density at radius 2 is 1.52 bits per heavy atom. The molecule has 0 N–H and O–H groups in total. The van der Waals surface area contributed by atoms with Gasteiger partial charge in [-0.2, -0.15) is 0 Å². The molecule has 0 bridgehead atoms. The van der Waals surface area contributed by atoms with Crippen molar-refractivity contribution in [2.45, 2.75) is 45.7 Å². The van der Waals surface area contributed by atoms with Crippen LogP contribution >= 0.6 is 0 Å². The molecule has 0 saturated carbocycles. The number of hydrogen-bond donors (Lipinski definition) is 0. The molecule has 2 aromatic carbocycles. The van der Waals surface area contributed by atoms with Crippen molar-refractivity contribution in [3.8, 4) is 17.2 Å². The van der Waals surface area contributed by atoms with Gasteiger partial charge in [-0.1, -0.05) is 13.3 Å². The minimum absolute atomic E-state index is 0. The molecule has 5 heteroatoms. The molecule has 0 spiro atoms. The van der Waals surface area contributed by atoms with E-state index in [4.69, 9.17) is 14.2 Å². The van der Waals surface area contributed by atoms with E-state index in [1.165, 1.54) is 42.5 Å². The number of quaternary nitrogens is 1. The molecule has 160 valence electrons. The Morgan fingerprint density at radius 3 is 2.10 bits per heavy atom. The lowest BCUT2D eigenvalue weighted by Crippen LogP contribution is -3.00. The van der Waals surface area contributed by atoms with Gasteiger partial charge in [0.1, 0.15) is 18.8 Å². The summed E-state index contributed by atoms with van der Waals surface area (Å²) >= 11 is 0. The first-order valence-electron chi connectivity index (χ1n) is 10.3. The van der Waals surface area contributed by atoms with Crippen LogP contribution in [0, 0.1) is 0 Å². The second kappa shape index (κ2) is 10.7. The summed E-state index contributed by atoms with van der Waals surface area (Å²) in [6.07, 6.45) is 4.90. The Kier molecular flexibility index (Phi) is 8.66. The van der Waals surface area contributed by atoms with Crippen molar-refractivity contribution in [3.05, 3.63) is 53.1 Å². The van der Waals surface area contributed by atoms with Crippen molar-refractivity contribution >= 4 is 0 Å². The highest BCUT2D eigenvalue weighted by molar-refractivity contribution is 5.47. The predicted molar refractivity (Wildman–Crippen MR) is 113 cm³/mol. The molecule has 2 aromatic rings. The summed E-state index contributed by atoms with van der Waals surface area (Å²) in [6, 6.07) is 12.9. The van der Waals surface area contributed by atoms with Gasteiger partial charge in [-0.15, -0.1) is 0 Å². The van der Waals surface area contributed by atoms with Crippen molar-refractivity contribution in [2.24, 2.45) is 0 Å². The molecule has 0 aromatic heterocycles. The number of methoxy groups -OCH3 is 3. The van der Waals surface area contributed by atoms with E-state index >= 15 is 0 Å². The monoisotopic (exact) mass is 419 g/mol. The number of hydrogen-bond acceptors (Lipinski definition) is 3. The SMILES string of the molecule is CCCCC[N+]1(Cc2ccc(OC)cc2)CCc2cc(OC)c(OC)cc2C1.[Cl-]. The van der Waals surface area contributed by atoms with Gasteiger partial charge in [0, 0.05) is 17.5 Å². The third kappa shape index (κ3) is 5.58. The zero-order chi connectivity index (χ0) is 20.0. The van der Waals surface area contributed by atoms with Crippen LogP contribution < -0.4 is 26.6 Å². The zero-order valence-corrected chi connectivity index (χ0v) is 18.9. The van der Waals surface area contributed by atoms with Crippen LogP contribution in [0.25, 0.3) is 0 Å². The van der Waals surface area contributed by atoms with Crippen LogP contribution in [0.3, 0.4) is 0 Å². The highest BCUT2D eigenvalue weighted by Gasteiger charge is 2.33. The molecular weight excluding hydrogens is 386 g/mol. The first-order valence-corrected chi connectivity index (χ1v) is 10.3. The zero-order valence-electron chi connectivity index (χ0n) is 18.2. The lowest BCUT2D eigenvalue weighted by atomic mass is 9.95. The molecule has 3 rings (SSSR count). The molecule has 1 aliphatic rings. The predicted octanol–water partition coefficient (Wildman–Crippen LogP) is 1.98. The smallest absolute Gasteiger partial charge is 0.161 e.